The van der Waals surface area contributed by atoms with Gasteiger partial charge in [0.15, 0.2) is 0 Å². The molecular formula is C12H24N4. The Morgan fingerprint density at radius 3 is 2.81 bits per heavy atom. The molecule has 0 aromatic carbocycles. The number of aromatic nitrogens is 2. The summed E-state index contributed by atoms with van der Waals surface area (Å²) in [6.45, 7) is 7.41. The number of aryl methyl sites for hydroxylation is 1. The van der Waals surface area contributed by atoms with E-state index in [0.717, 1.165) is 19.6 Å². The first-order valence-corrected chi connectivity index (χ1v) is 6.04. The van der Waals surface area contributed by atoms with Crippen molar-refractivity contribution in [3.8, 4) is 0 Å². The lowest BCUT2D eigenvalue weighted by molar-refractivity contribution is 0.389. The summed E-state index contributed by atoms with van der Waals surface area (Å²) < 4.78 is 1.97. The third-order valence-electron chi connectivity index (χ3n) is 2.71. The van der Waals surface area contributed by atoms with Crippen molar-refractivity contribution < 1.29 is 0 Å². The second kappa shape index (κ2) is 6.66. The Morgan fingerprint density at radius 2 is 2.25 bits per heavy atom. The van der Waals surface area contributed by atoms with Gasteiger partial charge in [0.05, 0.1) is 6.20 Å². The SMILES string of the molecule is CCn1cc(C(C)NCCCN(C)C)cn1. The van der Waals surface area contributed by atoms with Gasteiger partial charge < -0.3 is 10.2 Å². The van der Waals surface area contributed by atoms with Crippen LogP contribution in [0, 0.1) is 0 Å². The number of nitrogens with zero attached hydrogens (tertiary/aromatic N) is 3. The highest BCUT2D eigenvalue weighted by Gasteiger charge is 2.06. The van der Waals surface area contributed by atoms with E-state index < -0.39 is 0 Å². The molecule has 0 saturated heterocycles. The fourth-order valence-electron chi connectivity index (χ4n) is 1.61. The Kier molecular flexibility index (Phi) is 5.49. The first-order valence-electron chi connectivity index (χ1n) is 6.04. The third kappa shape index (κ3) is 4.33. The number of rotatable bonds is 7. The topological polar surface area (TPSA) is 33.1 Å². The van der Waals surface area contributed by atoms with Crippen molar-refractivity contribution in [1.82, 2.24) is 20.0 Å². The van der Waals surface area contributed by atoms with Crippen LogP contribution in [-0.4, -0.2) is 41.9 Å². The molecule has 0 saturated carbocycles. The van der Waals surface area contributed by atoms with Gasteiger partial charge in [-0.3, -0.25) is 4.68 Å². The van der Waals surface area contributed by atoms with Crippen LogP contribution in [0.25, 0.3) is 0 Å². The van der Waals surface area contributed by atoms with E-state index >= 15 is 0 Å². The summed E-state index contributed by atoms with van der Waals surface area (Å²) in [7, 11) is 4.21. The number of nitrogens with one attached hydrogen (secondary N) is 1. The minimum Gasteiger partial charge on any atom is -0.310 e. The number of hydrogen-bond donors (Lipinski definition) is 1. The summed E-state index contributed by atoms with van der Waals surface area (Å²) in [4.78, 5) is 2.21. The van der Waals surface area contributed by atoms with Crippen molar-refractivity contribution in [2.45, 2.75) is 32.9 Å². The van der Waals surface area contributed by atoms with E-state index in [9.17, 15) is 0 Å². The molecule has 1 aromatic heterocycles. The molecule has 0 aliphatic rings. The highest BCUT2D eigenvalue weighted by atomic mass is 15.3. The summed E-state index contributed by atoms with van der Waals surface area (Å²) in [5.41, 5.74) is 1.27. The minimum atomic E-state index is 0.391. The maximum absolute atomic E-state index is 4.28. The van der Waals surface area contributed by atoms with Crippen LogP contribution in [-0.2, 0) is 6.54 Å². The van der Waals surface area contributed by atoms with Gasteiger partial charge in [0.2, 0.25) is 0 Å². The normalized spacial score (nSPS) is 13.3. The summed E-state index contributed by atoms with van der Waals surface area (Å²) in [5.74, 6) is 0. The van der Waals surface area contributed by atoms with E-state index in [0.29, 0.717) is 6.04 Å². The summed E-state index contributed by atoms with van der Waals surface area (Å²) in [6.07, 6.45) is 5.25. The molecule has 0 radical (unpaired) electrons. The van der Waals surface area contributed by atoms with Crippen LogP contribution in [0.5, 0.6) is 0 Å². The van der Waals surface area contributed by atoms with Crippen LogP contribution < -0.4 is 5.32 Å². The second-order valence-electron chi connectivity index (χ2n) is 4.46. The van der Waals surface area contributed by atoms with Gasteiger partial charge in [-0.25, -0.2) is 0 Å². The fourth-order valence-corrected chi connectivity index (χ4v) is 1.61. The maximum atomic E-state index is 4.28. The van der Waals surface area contributed by atoms with Gasteiger partial charge in [-0.05, 0) is 47.5 Å². The smallest absolute Gasteiger partial charge is 0.0537 e. The Hall–Kier alpha value is -0.870. The third-order valence-corrected chi connectivity index (χ3v) is 2.71. The van der Waals surface area contributed by atoms with Gasteiger partial charge in [-0.2, -0.15) is 5.10 Å². The molecule has 0 fully saturated rings. The molecule has 0 bridgehead atoms. The fraction of sp³-hybridized carbons (Fsp3) is 0.750. The van der Waals surface area contributed by atoms with Gasteiger partial charge in [0.25, 0.3) is 0 Å². The van der Waals surface area contributed by atoms with E-state index in [1.807, 2.05) is 10.9 Å². The van der Waals surface area contributed by atoms with Crippen LogP contribution in [0.15, 0.2) is 12.4 Å². The standard InChI is InChI=1S/C12H24N4/c1-5-16-10-12(9-14-16)11(2)13-7-6-8-15(3)4/h9-11,13H,5-8H2,1-4H3. The molecule has 0 aliphatic heterocycles. The highest BCUT2D eigenvalue weighted by molar-refractivity contribution is 5.08. The van der Waals surface area contributed by atoms with E-state index in [1.165, 1.54) is 12.0 Å². The second-order valence-corrected chi connectivity index (χ2v) is 4.46. The predicted molar refractivity (Wildman–Crippen MR) is 67.5 cm³/mol. The molecule has 0 spiro atoms. The zero-order chi connectivity index (χ0) is 12.0. The molecule has 1 rings (SSSR count). The Labute approximate surface area is 98.6 Å². The molecule has 1 N–H and O–H groups in total. The van der Waals surface area contributed by atoms with Gasteiger partial charge in [0.1, 0.15) is 0 Å². The molecule has 1 heterocycles. The maximum Gasteiger partial charge on any atom is 0.0537 e. The van der Waals surface area contributed by atoms with Gasteiger partial charge in [0, 0.05) is 24.3 Å². The monoisotopic (exact) mass is 224 g/mol. The van der Waals surface area contributed by atoms with Crippen molar-refractivity contribution in [3.63, 3.8) is 0 Å². The molecule has 0 amide bonds. The van der Waals surface area contributed by atoms with E-state index in [1.54, 1.807) is 0 Å². The van der Waals surface area contributed by atoms with Crippen molar-refractivity contribution in [1.29, 1.82) is 0 Å². The van der Waals surface area contributed by atoms with E-state index in [4.69, 9.17) is 0 Å². The highest BCUT2D eigenvalue weighted by Crippen LogP contribution is 2.10. The van der Waals surface area contributed by atoms with Crippen molar-refractivity contribution in [2.75, 3.05) is 27.2 Å². The molecule has 1 unspecified atom stereocenters. The van der Waals surface area contributed by atoms with Crippen molar-refractivity contribution >= 4 is 0 Å². The summed E-state index contributed by atoms with van der Waals surface area (Å²) in [6, 6.07) is 0.391. The molecule has 4 nitrogen and oxygen atoms in total. The Bertz CT molecular complexity index is 293. The average Bonchev–Trinajstić information content (AvgIpc) is 2.72. The minimum absolute atomic E-state index is 0.391. The molecule has 92 valence electrons. The molecule has 0 aliphatic carbocycles. The Morgan fingerprint density at radius 1 is 1.50 bits per heavy atom. The van der Waals surface area contributed by atoms with Crippen LogP contribution in [0.3, 0.4) is 0 Å². The largest absolute Gasteiger partial charge is 0.310 e. The van der Waals surface area contributed by atoms with Crippen LogP contribution in [0.1, 0.15) is 31.9 Å². The molecule has 1 atom stereocenters. The Balaban J connectivity index is 2.26. The quantitative estimate of drug-likeness (QED) is 0.713. The molecule has 16 heavy (non-hydrogen) atoms. The van der Waals surface area contributed by atoms with E-state index in [2.05, 4.69) is 49.5 Å². The van der Waals surface area contributed by atoms with Crippen molar-refractivity contribution in [3.05, 3.63) is 18.0 Å². The molecular weight excluding hydrogens is 200 g/mol. The summed E-state index contributed by atoms with van der Waals surface area (Å²) in [5, 5.41) is 7.79. The lowest BCUT2D eigenvalue weighted by Gasteiger charge is -2.13. The number of hydrogen-bond acceptors (Lipinski definition) is 3. The first kappa shape index (κ1) is 13.2. The zero-order valence-electron chi connectivity index (χ0n) is 10.9. The van der Waals surface area contributed by atoms with E-state index in [-0.39, 0.29) is 0 Å². The van der Waals surface area contributed by atoms with Gasteiger partial charge >= 0.3 is 0 Å². The van der Waals surface area contributed by atoms with Crippen LogP contribution >= 0.6 is 0 Å². The zero-order valence-corrected chi connectivity index (χ0v) is 10.9. The molecule has 1 aromatic rings. The lowest BCUT2D eigenvalue weighted by atomic mass is 10.2. The lowest BCUT2D eigenvalue weighted by Crippen LogP contribution is -2.23. The van der Waals surface area contributed by atoms with Crippen LogP contribution in [0.4, 0.5) is 0 Å². The predicted octanol–water partition coefficient (Wildman–Crippen LogP) is 1.51. The van der Waals surface area contributed by atoms with Crippen LogP contribution in [0.2, 0.25) is 0 Å². The average molecular weight is 224 g/mol. The van der Waals surface area contributed by atoms with Crippen molar-refractivity contribution in [2.24, 2.45) is 0 Å². The molecule has 4 heteroatoms. The first-order chi connectivity index (χ1) is 7.63. The van der Waals surface area contributed by atoms with Gasteiger partial charge in [-0.1, -0.05) is 0 Å². The van der Waals surface area contributed by atoms with Gasteiger partial charge in [-0.15, -0.1) is 0 Å². The summed E-state index contributed by atoms with van der Waals surface area (Å²) >= 11 is 0.